The van der Waals surface area contributed by atoms with Crippen LogP contribution in [0.1, 0.15) is 22.8 Å². The first-order valence-corrected chi connectivity index (χ1v) is 11.2. The molecule has 1 aliphatic heterocycles. The molecule has 9 nitrogen and oxygen atoms in total. The van der Waals surface area contributed by atoms with E-state index in [0.29, 0.717) is 33.1 Å². The lowest BCUT2D eigenvalue weighted by atomic mass is 10.1. The van der Waals surface area contributed by atoms with Crippen LogP contribution in [0.4, 0.5) is 4.79 Å². The normalized spacial score (nSPS) is 14.5. The number of primary amides is 1. The largest absolute Gasteiger partial charge is 0.497 e. The molecule has 3 amide bonds. The van der Waals surface area contributed by atoms with E-state index in [0.717, 1.165) is 4.90 Å². The molecule has 1 heterocycles. The van der Waals surface area contributed by atoms with Gasteiger partial charge in [-0.1, -0.05) is 0 Å². The molecule has 1 fully saturated rings. The molecule has 3 rings (SSSR count). The number of nitrogens with two attached hydrogens (primary N) is 1. The fraction of sp³-hybridized carbons (Fsp3) is 0.182. The highest BCUT2D eigenvalue weighted by atomic mass is 79.9. The van der Waals surface area contributed by atoms with E-state index >= 15 is 0 Å². The molecule has 0 atom stereocenters. The number of esters is 1. The van der Waals surface area contributed by atoms with Crippen molar-refractivity contribution in [2.75, 3.05) is 20.3 Å². The summed E-state index contributed by atoms with van der Waals surface area (Å²) >= 11 is 4.07. The van der Waals surface area contributed by atoms with Crippen molar-refractivity contribution in [3.8, 4) is 17.2 Å². The second kappa shape index (κ2) is 10.5. The zero-order valence-corrected chi connectivity index (χ0v) is 20.0. The van der Waals surface area contributed by atoms with Crippen LogP contribution in [0.15, 0.2) is 45.8 Å². The van der Waals surface area contributed by atoms with E-state index in [-0.39, 0.29) is 23.0 Å². The third-order valence-electron chi connectivity index (χ3n) is 4.34. The van der Waals surface area contributed by atoms with E-state index in [9.17, 15) is 19.2 Å². The van der Waals surface area contributed by atoms with E-state index < -0.39 is 29.6 Å². The Labute approximate surface area is 202 Å². The van der Waals surface area contributed by atoms with Crippen molar-refractivity contribution >= 4 is 56.8 Å². The van der Waals surface area contributed by atoms with Gasteiger partial charge >= 0.3 is 5.97 Å². The average molecular weight is 535 g/mol. The fourth-order valence-electron chi connectivity index (χ4n) is 2.86. The van der Waals surface area contributed by atoms with Crippen molar-refractivity contribution in [3.05, 3.63) is 56.9 Å². The van der Waals surface area contributed by atoms with Gasteiger partial charge in [0.2, 0.25) is 5.91 Å². The molecule has 0 spiro atoms. The number of methoxy groups -OCH3 is 1. The minimum Gasteiger partial charge on any atom is -0.497 e. The Bertz CT molecular complexity index is 1150. The van der Waals surface area contributed by atoms with Crippen LogP contribution in [-0.4, -0.2) is 48.2 Å². The number of rotatable bonds is 8. The van der Waals surface area contributed by atoms with Gasteiger partial charge in [-0.3, -0.25) is 19.3 Å². The van der Waals surface area contributed by atoms with Gasteiger partial charge in [-0.15, -0.1) is 0 Å². The number of amides is 3. The van der Waals surface area contributed by atoms with Crippen molar-refractivity contribution in [1.82, 2.24) is 4.90 Å². The summed E-state index contributed by atoms with van der Waals surface area (Å²) < 4.78 is 16.7. The summed E-state index contributed by atoms with van der Waals surface area (Å²) in [5, 5.41) is -0.584. The maximum Gasteiger partial charge on any atom is 0.343 e. The van der Waals surface area contributed by atoms with Crippen molar-refractivity contribution in [1.29, 1.82) is 0 Å². The van der Waals surface area contributed by atoms with E-state index in [1.54, 1.807) is 43.3 Å². The van der Waals surface area contributed by atoms with Gasteiger partial charge in [-0.05, 0) is 82.7 Å². The van der Waals surface area contributed by atoms with Gasteiger partial charge in [-0.25, -0.2) is 4.79 Å². The third kappa shape index (κ3) is 5.74. The molecular weight excluding hydrogens is 516 g/mol. The first kappa shape index (κ1) is 24.3. The number of benzene rings is 2. The van der Waals surface area contributed by atoms with Crippen molar-refractivity contribution in [3.63, 3.8) is 0 Å². The molecule has 11 heteroatoms. The van der Waals surface area contributed by atoms with Crippen LogP contribution < -0.4 is 19.9 Å². The molecule has 0 radical (unpaired) electrons. The Kier molecular flexibility index (Phi) is 7.77. The minimum absolute atomic E-state index is 0.124. The van der Waals surface area contributed by atoms with Crippen LogP contribution in [-0.2, 0) is 9.59 Å². The second-order valence-electron chi connectivity index (χ2n) is 6.62. The summed E-state index contributed by atoms with van der Waals surface area (Å²) in [5.41, 5.74) is 5.93. The lowest BCUT2D eigenvalue weighted by Crippen LogP contribution is -2.36. The molecule has 1 saturated heterocycles. The van der Waals surface area contributed by atoms with Crippen molar-refractivity contribution in [2.24, 2.45) is 5.73 Å². The number of carbonyl (C=O) groups is 4. The number of thioether (sulfide) groups is 1. The zero-order chi connectivity index (χ0) is 24.1. The summed E-state index contributed by atoms with van der Waals surface area (Å²) in [5.74, 6) is -0.976. The Morgan fingerprint density at radius 2 is 1.88 bits per heavy atom. The van der Waals surface area contributed by atoms with E-state index in [4.69, 9.17) is 19.9 Å². The van der Waals surface area contributed by atoms with Crippen LogP contribution >= 0.6 is 27.7 Å². The molecule has 33 heavy (non-hydrogen) atoms. The Morgan fingerprint density at radius 1 is 1.18 bits per heavy atom. The van der Waals surface area contributed by atoms with E-state index in [2.05, 4.69) is 15.9 Å². The van der Waals surface area contributed by atoms with Crippen LogP contribution in [0.5, 0.6) is 17.2 Å². The standard InChI is InChI=1S/C22H19BrN2O7S/c1-3-31-16-9-12(10-17-20(27)25(11-18(24)26)22(29)33-17)8-15(23)19(16)32-21(28)13-4-6-14(30-2)7-5-13/h4-10H,3,11H2,1-2H3,(H2,24,26)/b17-10-. The highest BCUT2D eigenvalue weighted by molar-refractivity contribution is 9.10. The molecule has 1 aliphatic rings. The summed E-state index contributed by atoms with van der Waals surface area (Å²) in [6, 6.07) is 9.62. The molecule has 0 aromatic heterocycles. The Morgan fingerprint density at radius 3 is 2.48 bits per heavy atom. The lowest BCUT2D eigenvalue weighted by molar-refractivity contribution is -0.127. The van der Waals surface area contributed by atoms with Gasteiger partial charge in [0.15, 0.2) is 11.5 Å². The van der Waals surface area contributed by atoms with Crippen molar-refractivity contribution in [2.45, 2.75) is 6.92 Å². The molecule has 2 N–H and O–H groups in total. The highest BCUT2D eigenvalue weighted by Gasteiger charge is 2.36. The van der Waals surface area contributed by atoms with Gasteiger partial charge in [0, 0.05) is 0 Å². The molecule has 0 saturated carbocycles. The predicted octanol–water partition coefficient (Wildman–Crippen LogP) is 3.60. The number of nitrogens with zero attached hydrogens (tertiary/aromatic N) is 1. The summed E-state index contributed by atoms with van der Waals surface area (Å²) in [7, 11) is 1.53. The SMILES string of the molecule is CCOc1cc(/C=C2\SC(=O)N(CC(N)=O)C2=O)cc(Br)c1OC(=O)c1ccc(OC)cc1. The topological polar surface area (TPSA) is 125 Å². The quantitative estimate of drug-likeness (QED) is 0.309. The zero-order valence-electron chi connectivity index (χ0n) is 17.6. The Balaban J connectivity index is 1.88. The van der Waals surface area contributed by atoms with Gasteiger partial charge in [-0.2, -0.15) is 0 Å². The predicted molar refractivity (Wildman–Crippen MR) is 125 cm³/mol. The molecule has 2 aromatic rings. The summed E-state index contributed by atoms with van der Waals surface area (Å²) in [4.78, 5) is 49.1. The number of ether oxygens (including phenoxy) is 3. The monoisotopic (exact) mass is 534 g/mol. The number of halogens is 1. The van der Waals surface area contributed by atoms with Gasteiger partial charge in [0.25, 0.3) is 11.1 Å². The van der Waals surface area contributed by atoms with Gasteiger partial charge in [0.1, 0.15) is 12.3 Å². The molecular formula is C22H19BrN2O7S. The van der Waals surface area contributed by atoms with E-state index in [1.807, 2.05) is 0 Å². The second-order valence-corrected chi connectivity index (χ2v) is 8.46. The van der Waals surface area contributed by atoms with Gasteiger partial charge < -0.3 is 19.9 Å². The highest BCUT2D eigenvalue weighted by Crippen LogP contribution is 2.39. The fourth-order valence-corrected chi connectivity index (χ4v) is 4.23. The van der Waals surface area contributed by atoms with Crippen LogP contribution in [0, 0.1) is 0 Å². The molecule has 0 aliphatic carbocycles. The van der Waals surface area contributed by atoms with Crippen LogP contribution in [0.2, 0.25) is 0 Å². The molecule has 0 bridgehead atoms. The maximum atomic E-state index is 12.6. The Hall–Kier alpha value is -3.31. The third-order valence-corrected chi connectivity index (χ3v) is 5.83. The number of hydrogen-bond acceptors (Lipinski definition) is 8. The number of imide groups is 1. The molecule has 2 aromatic carbocycles. The number of hydrogen-bond donors (Lipinski definition) is 1. The van der Waals surface area contributed by atoms with E-state index in [1.165, 1.54) is 13.2 Å². The van der Waals surface area contributed by atoms with Crippen molar-refractivity contribution < 1.29 is 33.4 Å². The maximum absolute atomic E-state index is 12.6. The summed E-state index contributed by atoms with van der Waals surface area (Å²) in [6.07, 6.45) is 1.48. The van der Waals surface area contributed by atoms with Crippen LogP contribution in [0.3, 0.4) is 0 Å². The minimum atomic E-state index is -0.789. The summed E-state index contributed by atoms with van der Waals surface area (Å²) in [6.45, 7) is 1.57. The lowest BCUT2D eigenvalue weighted by Gasteiger charge is -2.14. The molecule has 172 valence electrons. The van der Waals surface area contributed by atoms with Gasteiger partial charge in [0.05, 0.1) is 28.7 Å². The molecule has 0 unspecified atom stereocenters. The smallest absolute Gasteiger partial charge is 0.343 e. The first-order valence-electron chi connectivity index (χ1n) is 9.59. The van der Waals surface area contributed by atoms with Crippen LogP contribution in [0.25, 0.3) is 6.08 Å². The first-order chi connectivity index (χ1) is 15.7. The average Bonchev–Trinajstić information content (AvgIpc) is 3.03. The number of carbonyl (C=O) groups excluding carboxylic acids is 4.